The first-order valence-electron chi connectivity index (χ1n) is 15.0. The zero-order chi connectivity index (χ0) is 31.0. The summed E-state index contributed by atoms with van der Waals surface area (Å²) in [5.41, 5.74) is 2.17. The van der Waals surface area contributed by atoms with E-state index in [-0.39, 0.29) is 29.7 Å². The van der Waals surface area contributed by atoms with Crippen molar-refractivity contribution in [3.63, 3.8) is 0 Å². The fourth-order valence-electron chi connectivity index (χ4n) is 6.52. The van der Waals surface area contributed by atoms with Gasteiger partial charge in [-0.05, 0) is 49.9 Å². The predicted octanol–water partition coefficient (Wildman–Crippen LogP) is 6.22. The van der Waals surface area contributed by atoms with E-state index in [0.29, 0.717) is 37.4 Å². The lowest BCUT2D eigenvalue weighted by molar-refractivity contribution is -0.179. The van der Waals surface area contributed by atoms with Crippen molar-refractivity contribution in [1.29, 1.82) is 0 Å². The zero-order valence-corrected chi connectivity index (χ0v) is 24.6. The van der Waals surface area contributed by atoms with Gasteiger partial charge in [0.05, 0.1) is 30.1 Å². The van der Waals surface area contributed by atoms with E-state index < -0.39 is 30.0 Å². The molecule has 1 fully saturated rings. The molecule has 2 aromatic heterocycles. The number of aromatic nitrogens is 3. The number of Topliss-reactive ketones (excluding diaryl/α,β-unsaturated/α-hetero) is 1. The molecule has 7 nitrogen and oxygen atoms in total. The molecule has 10 heteroatoms. The van der Waals surface area contributed by atoms with Gasteiger partial charge in [-0.15, -0.1) is 0 Å². The normalized spacial score (nSPS) is 19.5. The van der Waals surface area contributed by atoms with Crippen molar-refractivity contribution in [1.82, 2.24) is 14.8 Å². The van der Waals surface area contributed by atoms with Crippen LogP contribution in [0.15, 0.2) is 79.0 Å². The number of alkyl halides is 3. The Labute approximate surface area is 254 Å². The molecule has 1 aliphatic carbocycles. The summed E-state index contributed by atoms with van der Waals surface area (Å²) in [6.07, 6.45) is -4.51. The number of fused-ring (bicyclic) bond motifs is 1. The van der Waals surface area contributed by atoms with Crippen molar-refractivity contribution >= 4 is 11.6 Å². The van der Waals surface area contributed by atoms with Gasteiger partial charge < -0.3 is 14.7 Å². The van der Waals surface area contributed by atoms with Crippen LogP contribution in [0.3, 0.4) is 0 Å². The second-order valence-corrected chi connectivity index (χ2v) is 11.8. The van der Waals surface area contributed by atoms with Gasteiger partial charge in [-0.1, -0.05) is 60.7 Å². The van der Waals surface area contributed by atoms with Gasteiger partial charge in [-0.3, -0.25) is 9.48 Å². The quantitative estimate of drug-likeness (QED) is 0.270. The van der Waals surface area contributed by atoms with Crippen molar-refractivity contribution in [3.8, 4) is 5.75 Å². The standard InChI is InChI=1S/C34H35F3N4O3/c1-21(2)44-25-13-14-28(38-20-25)40-17-15-22(16-18-40)31-29-26(19-27(42)33(43)30(29)34(35,36)37)41(39-31)32(23-9-5-3-6-10-23)24-11-7-4-8-12-24/h3-14,20-22,30,32-33,43H,15-19H2,1-2H3/t30-,33+/m1/s1. The number of piperidine rings is 1. The van der Waals surface area contributed by atoms with E-state index in [1.165, 1.54) is 0 Å². The van der Waals surface area contributed by atoms with Crippen molar-refractivity contribution in [2.75, 3.05) is 18.0 Å². The maximum absolute atomic E-state index is 14.7. The van der Waals surface area contributed by atoms with E-state index in [1.54, 1.807) is 10.9 Å². The summed E-state index contributed by atoms with van der Waals surface area (Å²) in [6, 6.07) is 22.1. The summed E-state index contributed by atoms with van der Waals surface area (Å²) in [7, 11) is 0. The molecule has 2 aromatic carbocycles. The summed E-state index contributed by atoms with van der Waals surface area (Å²) >= 11 is 0. The smallest absolute Gasteiger partial charge is 0.398 e. The van der Waals surface area contributed by atoms with Crippen molar-refractivity contribution in [2.45, 2.75) is 69.4 Å². The average Bonchev–Trinajstić information content (AvgIpc) is 3.36. The van der Waals surface area contributed by atoms with Gasteiger partial charge in [-0.2, -0.15) is 18.3 Å². The molecule has 44 heavy (non-hydrogen) atoms. The Morgan fingerprint density at radius 1 is 0.932 bits per heavy atom. The summed E-state index contributed by atoms with van der Waals surface area (Å²) in [5.74, 6) is -2.02. The largest absolute Gasteiger partial charge is 0.489 e. The van der Waals surface area contributed by atoms with Crippen molar-refractivity contribution in [2.24, 2.45) is 0 Å². The van der Waals surface area contributed by atoms with E-state index in [2.05, 4.69) is 9.88 Å². The molecular formula is C34H35F3N4O3. The second-order valence-electron chi connectivity index (χ2n) is 11.8. The number of hydrogen-bond acceptors (Lipinski definition) is 6. The summed E-state index contributed by atoms with van der Waals surface area (Å²) in [5, 5.41) is 15.6. The van der Waals surface area contributed by atoms with Crippen LogP contribution < -0.4 is 9.64 Å². The molecule has 0 amide bonds. The minimum Gasteiger partial charge on any atom is -0.489 e. The van der Waals surface area contributed by atoms with E-state index in [9.17, 15) is 23.1 Å². The Morgan fingerprint density at radius 3 is 2.07 bits per heavy atom. The Balaban J connectivity index is 1.40. The monoisotopic (exact) mass is 604 g/mol. The average molecular weight is 605 g/mol. The third-order valence-corrected chi connectivity index (χ3v) is 8.50. The molecular weight excluding hydrogens is 569 g/mol. The number of nitrogens with zero attached hydrogens (tertiary/aromatic N) is 4. The Kier molecular flexibility index (Phi) is 8.20. The lowest BCUT2D eigenvalue weighted by atomic mass is 9.78. The number of aliphatic hydroxyl groups excluding tert-OH is 1. The molecule has 2 atom stereocenters. The molecule has 3 heterocycles. The van der Waals surface area contributed by atoms with E-state index >= 15 is 0 Å². The van der Waals surface area contributed by atoms with Crippen LogP contribution >= 0.6 is 0 Å². The summed E-state index contributed by atoms with van der Waals surface area (Å²) in [6.45, 7) is 5.03. The number of carbonyl (C=O) groups excluding carboxylic acids is 1. The third kappa shape index (κ3) is 5.83. The van der Waals surface area contributed by atoms with Crippen LogP contribution in [0.25, 0.3) is 0 Å². The predicted molar refractivity (Wildman–Crippen MR) is 160 cm³/mol. The maximum atomic E-state index is 14.7. The molecule has 0 saturated carbocycles. The SMILES string of the molecule is CC(C)Oc1ccc(N2CCC(c3nn(C(c4ccccc4)c4ccccc4)c4c3[C@@H](C(F)(F)F)[C@@H](O)C(=O)C4)CC2)nc1. The number of rotatable bonds is 7. The number of carbonyl (C=O) groups is 1. The van der Waals surface area contributed by atoms with Gasteiger partial charge in [0.15, 0.2) is 5.78 Å². The highest BCUT2D eigenvalue weighted by molar-refractivity contribution is 5.88. The number of hydrogen-bond donors (Lipinski definition) is 1. The highest BCUT2D eigenvalue weighted by Crippen LogP contribution is 2.48. The fraction of sp³-hybridized carbons (Fsp3) is 0.382. The molecule has 1 N–H and O–H groups in total. The Hall–Kier alpha value is -4.18. The molecule has 2 aliphatic rings. The van der Waals surface area contributed by atoms with Gasteiger partial charge in [0, 0.05) is 24.6 Å². The molecule has 1 saturated heterocycles. The van der Waals surface area contributed by atoms with Gasteiger partial charge in [0.25, 0.3) is 0 Å². The number of ketones is 1. The molecule has 0 radical (unpaired) electrons. The number of anilines is 1. The fourth-order valence-corrected chi connectivity index (χ4v) is 6.52. The highest BCUT2D eigenvalue weighted by Gasteiger charge is 2.54. The maximum Gasteiger partial charge on any atom is 0.398 e. The van der Waals surface area contributed by atoms with Crippen molar-refractivity contribution in [3.05, 3.63) is 107 Å². The highest BCUT2D eigenvalue weighted by atomic mass is 19.4. The topological polar surface area (TPSA) is 80.5 Å². The number of aliphatic hydroxyl groups is 1. The van der Waals surface area contributed by atoms with E-state index in [1.807, 2.05) is 86.6 Å². The summed E-state index contributed by atoms with van der Waals surface area (Å²) < 4.78 is 51.3. The van der Waals surface area contributed by atoms with Gasteiger partial charge in [0.2, 0.25) is 0 Å². The molecule has 0 bridgehead atoms. The molecule has 1 aliphatic heterocycles. The first-order chi connectivity index (χ1) is 21.1. The zero-order valence-electron chi connectivity index (χ0n) is 24.6. The van der Waals surface area contributed by atoms with Crippen molar-refractivity contribution < 1.29 is 27.8 Å². The van der Waals surface area contributed by atoms with Crippen LogP contribution in [0.4, 0.5) is 19.0 Å². The van der Waals surface area contributed by atoms with Crippen LogP contribution in [0.2, 0.25) is 0 Å². The molecule has 6 rings (SSSR count). The number of ether oxygens (including phenoxy) is 1. The Morgan fingerprint density at radius 2 is 1.55 bits per heavy atom. The Bertz CT molecular complexity index is 1540. The minimum absolute atomic E-state index is 0.0295. The van der Waals surface area contributed by atoms with Crippen LogP contribution in [-0.2, 0) is 11.2 Å². The molecule has 230 valence electrons. The van der Waals surface area contributed by atoms with Gasteiger partial charge in [0.1, 0.15) is 29.6 Å². The van der Waals surface area contributed by atoms with Gasteiger partial charge >= 0.3 is 6.18 Å². The molecule has 4 aromatic rings. The lowest BCUT2D eigenvalue weighted by Gasteiger charge is -2.34. The first kappa shape index (κ1) is 29.9. The van der Waals surface area contributed by atoms with Crippen LogP contribution in [0.5, 0.6) is 5.75 Å². The minimum atomic E-state index is -4.83. The summed E-state index contributed by atoms with van der Waals surface area (Å²) in [4.78, 5) is 19.6. The van der Waals surface area contributed by atoms with E-state index in [4.69, 9.17) is 9.84 Å². The second kappa shape index (κ2) is 12.1. The van der Waals surface area contributed by atoms with E-state index in [0.717, 1.165) is 16.9 Å². The number of halogens is 3. The van der Waals surface area contributed by atoms with Crippen LogP contribution in [0, 0.1) is 0 Å². The number of benzene rings is 2. The first-order valence-corrected chi connectivity index (χ1v) is 15.0. The number of pyridine rings is 1. The van der Waals surface area contributed by atoms with Gasteiger partial charge in [-0.25, -0.2) is 4.98 Å². The lowest BCUT2D eigenvalue weighted by Crippen LogP contribution is -2.43. The van der Waals surface area contributed by atoms with Crippen LogP contribution in [0.1, 0.15) is 72.6 Å². The van der Waals surface area contributed by atoms with Crippen LogP contribution in [-0.4, -0.2) is 57.1 Å². The third-order valence-electron chi connectivity index (χ3n) is 8.50. The molecule has 0 spiro atoms. The molecule has 0 unspecified atom stereocenters.